The van der Waals surface area contributed by atoms with Gasteiger partial charge in [-0.25, -0.2) is 9.98 Å². The van der Waals surface area contributed by atoms with E-state index in [0.29, 0.717) is 0 Å². The fourth-order valence-electron chi connectivity index (χ4n) is 9.14. The van der Waals surface area contributed by atoms with Crippen LogP contribution in [-0.2, 0) is 6.42 Å². The number of para-hydroxylation sites is 1. The van der Waals surface area contributed by atoms with E-state index in [9.17, 15) is 0 Å². The van der Waals surface area contributed by atoms with Gasteiger partial charge in [-0.05, 0) is 117 Å². The number of aryl methyl sites for hydroxylation is 1. The van der Waals surface area contributed by atoms with E-state index in [2.05, 4.69) is 172 Å². The van der Waals surface area contributed by atoms with E-state index >= 15 is 0 Å². The van der Waals surface area contributed by atoms with Gasteiger partial charge in [0.05, 0.1) is 22.1 Å². The lowest BCUT2D eigenvalue weighted by Crippen LogP contribution is -2.03. The predicted octanol–water partition coefficient (Wildman–Crippen LogP) is 12.0. The van der Waals surface area contributed by atoms with E-state index in [1.807, 2.05) is 0 Å². The lowest BCUT2D eigenvalue weighted by Gasteiger charge is -2.23. The monoisotopic (exact) mass is 674 g/mol. The Morgan fingerprint density at radius 2 is 1.09 bits per heavy atom. The lowest BCUT2D eigenvalue weighted by molar-refractivity contribution is 1.23. The third-order valence-electron chi connectivity index (χ3n) is 11.7. The van der Waals surface area contributed by atoms with Crippen molar-refractivity contribution < 1.29 is 0 Å². The van der Waals surface area contributed by atoms with Gasteiger partial charge < -0.3 is 0 Å². The lowest BCUT2D eigenvalue weighted by atomic mass is 9.79. The molecular formula is C51H34N2. The third-order valence-corrected chi connectivity index (χ3v) is 11.7. The summed E-state index contributed by atoms with van der Waals surface area (Å²) in [6.07, 6.45) is 0.915. The molecule has 2 aliphatic heterocycles. The van der Waals surface area contributed by atoms with Crippen LogP contribution >= 0.6 is 0 Å². The maximum atomic E-state index is 5.33. The second-order valence-electron chi connectivity index (χ2n) is 14.5. The van der Waals surface area contributed by atoms with Crippen LogP contribution < -0.4 is 10.7 Å². The number of fused-ring (bicyclic) bond motifs is 9. The molecule has 8 aromatic rings. The molecule has 0 bridgehead atoms. The molecule has 0 amide bonds. The van der Waals surface area contributed by atoms with Crippen LogP contribution in [0.3, 0.4) is 0 Å². The zero-order valence-corrected chi connectivity index (χ0v) is 29.6. The van der Waals surface area contributed by atoms with Gasteiger partial charge >= 0.3 is 0 Å². The molecule has 2 heterocycles. The quantitative estimate of drug-likeness (QED) is 0.178. The van der Waals surface area contributed by atoms with Crippen molar-refractivity contribution in [2.75, 3.05) is 0 Å². The normalized spacial score (nSPS) is 12.6. The second-order valence-corrected chi connectivity index (χ2v) is 14.5. The van der Waals surface area contributed by atoms with Crippen LogP contribution in [0.25, 0.3) is 66.8 Å². The summed E-state index contributed by atoms with van der Waals surface area (Å²) in [5.41, 5.74) is 22.3. The average molecular weight is 675 g/mol. The first-order valence-corrected chi connectivity index (χ1v) is 18.5. The highest BCUT2D eigenvalue weighted by Gasteiger charge is 2.31. The molecule has 11 rings (SSSR count). The predicted molar refractivity (Wildman–Crippen MR) is 217 cm³/mol. The van der Waals surface area contributed by atoms with Gasteiger partial charge in [-0.3, -0.25) is 0 Å². The van der Waals surface area contributed by atoms with Gasteiger partial charge in [0.15, 0.2) is 0 Å². The molecule has 0 spiro atoms. The topological polar surface area (TPSA) is 24.7 Å². The first-order valence-electron chi connectivity index (χ1n) is 18.5. The van der Waals surface area contributed by atoms with Gasteiger partial charge in [0.1, 0.15) is 0 Å². The average Bonchev–Trinajstić information content (AvgIpc) is 3.90. The molecule has 0 saturated carbocycles. The van der Waals surface area contributed by atoms with Crippen LogP contribution in [0, 0.1) is 24.3 Å². The highest BCUT2D eigenvalue weighted by molar-refractivity contribution is 6.08. The molecular weight excluding hydrogens is 641 g/mol. The van der Waals surface area contributed by atoms with E-state index in [1.165, 1.54) is 93.9 Å². The molecule has 8 aromatic carbocycles. The molecule has 0 N–H and O–H groups in total. The fourth-order valence-corrected chi connectivity index (χ4v) is 9.14. The highest BCUT2D eigenvalue weighted by atomic mass is 14.8. The van der Waals surface area contributed by atoms with E-state index in [0.717, 1.165) is 34.1 Å². The van der Waals surface area contributed by atoms with Crippen molar-refractivity contribution in [2.45, 2.75) is 20.3 Å². The largest absolute Gasteiger partial charge is 0.248 e. The minimum Gasteiger partial charge on any atom is -0.248 e. The number of hydrogen-bond donors (Lipinski definition) is 0. The van der Waals surface area contributed by atoms with Gasteiger partial charge in [0, 0.05) is 27.1 Å². The van der Waals surface area contributed by atoms with Crippen molar-refractivity contribution in [3.8, 4) is 66.8 Å². The standard InChI is InChI=1S/C51H34N2/c1-30-28-42-35-18-7-6-16-33(35)29-43(42)47(31(30)2)41-25-27-45-49(50-46(52-45)26-24-40-38-21-12-13-23-44(38)53-51(40)50)48(41)39-22-11-10-20-37(39)36-19-9-8-17-34(36)32-14-4-3-5-15-32/h3-28H,29H2,1-2H3. The van der Waals surface area contributed by atoms with E-state index in [4.69, 9.17) is 9.98 Å². The van der Waals surface area contributed by atoms with Crippen molar-refractivity contribution in [2.24, 2.45) is 9.98 Å². The van der Waals surface area contributed by atoms with E-state index in [-0.39, 0.29) is 0 Å². The molecule has 0 atom stereocenters. The Morgan fingerprint density at radius 3 is 1.92 bits per heavy atom. The first kappa shape index (κ1) is 30.0. The van der Waals surface area contributed by atoms with Crippen LogP contribution in [0.15, 0.2) is 168 Å². The minimum atomic E-state index is 0.915. The van der Waals surface area contributed by atoms with Gasteiger partial charge in [-0.15, -0.1) is 0 Å². The molecule has 0 unspecified atom stereocenters. The molecule has 0 saturated heterocycles. The Hall–Kier alpha value is -6.64. The highest BCUT2D eigenvalue weighted by Crippen LogP contribution is 2.54. The molecule has 0 radical (unpaired) electrons. The molecule has 2 nitrogen and oxygen atoms in total. The summed E-state index contributed by atoms with van der Waals surface area (Å²) in [5, 5.41) is 4.35. The van der Waals surface area contributed by atoms with Gasteiger partial charge in [-0.2, -0.15) is 0 Å². The molecule has 248 valence electrons. The summed E-state index contributed by atoms with van der Waals surface area (Å²) >= 11 is 0. The Kier molecular flexibility index (Phi) is 6.48. The molecule has 0 fully saturated rings. The van der Waals surface area contributed by atoms with Gasteiger partial charge in [-0.1, -0.05) is 133 Å². The zero-order valence-electron chi connectivity index (χ0n) is 29.6. The number of nitrogens with zero attached hydrogens (tertiary/aromatic N) is 2. The van der Waals surface area contributed by atoms with E-state index < -0.39 is 0 Å². The first-order chi connectivity index (χ1) is 26.1. The van der Waals surface area contributed by atoms with E-state index in [1.54, 1.807) is 0 Å². The minimum absolute atomic E-state index is 0.915. The Labute approximate surface area is 308 Å². The second kappa shape index (κ2) is 11.4. The number of benzene rings is 8. The summed E-state index contributed by atoms with van der Waals surface area (Å²) in [6, 6.07) is 57.4. The zero-order chi connectivity index (χ0) is 35.2. The van der Waals surface area contributed by atoms with Crippen LogP contribution in [0.1, 0.15) is 22.3 Å². The van der Waals surface area contributed by atoms with Crippen LogP contribution in [-0.4, -0.2) is 0 Å². The summed E-state index contributed by atoms with van der Waals surface area (Å²) < 4.78 is 0. The number of hydrogen-bond acceptors (Lipinski definition) is 2. The summed E-state index contributed by atoms with van der Waals surface area (Å²) in [6.45, 7) is 4.58. The fraction of sp³-hybridized carbons (Fsp3) is 0.0588. The molecule has 1 aliphatic carbocycles. The molecule has 2 heteroatoms. The smallest absolute Gasteiger partial charge is 0.0817 e. The van der Waals surface area contributed by atoms with Crippen LogP contribution in [0.2, 0.25) is 0 Å². The summed E-state index contributed by atoms with van der Waals surface area (Å²) in [7, 11) is 0. The Balaban J connectivity index is 1.27. The summed E-state index contributed by atoms with van der Waals surface area (Å²) in [4.78, 5) is 10.6. The van der Waals surface area contributed by atoms with Crippen molar-refractivity contribution in [1.82, 2.24) is 0 Å². The van der Waals surface area contributed by atoms with Crippen molar-refractivity contribution in [3.05, 3.63) is 201 Å². The summed E-state index contributed by atoms with van der Waals surface area (Å²) in [5.74, 6) is 0. The van der Waals surface area contributed by atoms with Gasteiger partial charge in [0.25, 0.3) is 0 Å². The van der Waals surface area contributed by atoms with Gasteiger partial charge in [0.2, 0.25) is 0 Å². The number of rotatable bonds is 4. The third kappa shape index (κ3) is 4.39. The maximum absolute atomic E-state index is 5.33. The van der Waals surface area contributed by atoms with Crippen molar-refractivity contribution in [1.29, 1.82) is 0 Å². The molecule has 0 aromatic heterocycles. The van der Waals surface area contributed by atoms with Crippen LogP contribution in [0.5, 0.6) is 0 Å². The van der Waals surface area contributed by atoms with Crippen LogP contribution in [0.4, 0.5) is 11.4 Å². The van der Waals surface area contributed by atoms with Crippen molar-refractivity contribution >= 4 is 11.4 Å². The SMILES string of the molecule is Cc1cc2c(c(-c3ccc4c(c3-c3ccccc3-c3ccccc3-c3ccccc3)-c3c5c(ccc3=N4)=c3ccccc3=N5)c1C)Cc1ccccc1-2. The maximum Gasteiger partial charge on any atom is 0.0817 e. The van der Waals surface area contributed by atoms with Crippen molar-refractivity contribution in [3.63, 3.8) is 0 Å². The molecule has 53 heavy (non-hydrogen) atoms. The Bertz CT molecular complexity index is 3100. The Morgan fingerprint density at radius 1 is 0.415 bits per heavy atom. The molecule has 3 aliphatic rings.